The van der Waals surface area contributed by atoms with Crippen LogP contribution in [-0.4, -0.2) is 24.4 Å². The molecule has 0 radical (unpaired) electrons. The van der Waals surface area contributed by atoms with E-state index in [-0.39, 0.29) is 17.4 Å². The van der Waals surface area contributed by atoms with Crippen LogP contribution in [0, 0.1) is 11.6 Å². The van der Waals surface area contributed by atoms with Gasteiger partial charge in [0.1, 0.15) is 5.56 Å². The number of rotatable bonds is 3. The van der Waals surface area contributed by atoms with Gasteiger partial charge >= 0.3 is 5.97 Å². The first kappa shape index (κ1) is 14.3. The van der Waals surface area contributed by atoms with Crippen molar-refractivity contribution in [1.29, 1.82) is 0 Å². The molecule has 2 aromatic heterocycles. The van der Waals surface area contributed by atoms with Crippen molar-refractivity contribution in [3.63, 3.8) is 0 Å². The van der Waals surface area contributed by atoms with Crippen LogP contribution in [0.4, 0.5) is 8.78 Å². The molecule has 9 heteroatoms. The summed E-state index contributed by atoms with van der Waals surface area (Å²) in [5.41, 5.74) is -0.798. The average Bonchev–Trinajstić information content (AvgIpc) is 2.96. The molecule has 6 nitrogen and oxygen atoms in total. The normalized spacial score (nSPS) is 11.0. The maximum Gasteiger partial charge on any atom is 0.341 e. The second kappa shape index (κ2) is 5.26. The van der Waals surface area contributed by atoms with Crippen molar-refractivity contribution < 1.29 is 18.7 Å². The monoisotopic (exact) mass is 323 g/mol. The lowest BCUT2D eigenvalue weighted by Crippen LogP contribution is -2.19. The Balaban J connectivity index is 2.33. The fourth-order valence-electron chi connectivity index (χ4n) is 2.10. The lowest BCUT2D eigenvalue weighted by molar-refractivity contribution is 0.0695. The van der Waals surface area contributed by atoms with E-state index >= 15 is 0 Å². The van der Waals surface area contributed by atoms with Crippen LogP contribution in [0.1, 0.15) is 16.1 Å². The minimum absolute atomic E-state index is 0.0820. The fourth-order valence-corrected chi connectivity index (χ4v) is 2.52. The predicted molar refractivity (Wildman–Crippen MR) is 74.1 cm³/mol. The summed E-state index contributed by atoms with van der Waals surface area (Å²) in [5.74, 6) is -3.78. The third-order valence-electron chi connectivity index (χ3n) is 3.09. The van der Waals surface area contributed by atoms with Crippen LogP contribution >= 0.6 is 11.7 Å². The van der Waals surface area contributed by atoms with Crippen molar-refractivity contribution >= 4 is 28.6 Å². The molecule has 3 aromatic rings. The van der Waals surface area contributed by atoms with Gasteiger partial charge < -0.3 is 9.67 Å². The van der Waals surface area contributed by atoms with Crippen LogP contribution in [0.15, 0.2) is 29.3 Å². The number of benzene rings is 1. The van der Waals surface area contributed by atoms with Crippen LogP contribution < -0.4 is 5.43 Å². The molecule has 0 aliphatic heterocycles. The first-order chi connectivity index (χ1) is 10.5. The number of fused-ring (bicyclic) bond motifs is 1. The Bertz CT molecular complexity index is 938. The Labute approximate surface area is 125 Å². The topological polar surface area (TPSA) is 85.1 Å². The average molecular weight is 323 g/mol. The molecule has 22 heavy (non-hydrogen) atoms. The number of nitrogens with zero attached hydrogens (tertiary/aromatic N) is 3. The third-order valence-corrected chi connectivity index (χ3v) is 3.61. The van der Waals surface area contributed by atoms with Gasteiger partial charge in [0.15, 0.2) is 11.6 Å². The van der Waals surface area contributed by atoms with Crippen LogP contribution in [0.2, 0.25) is 0 Å². The Morgan fingerprint density at radius 1 is 1.32 bits per heavy atom. The molecule has 0 amide bonds. The van der Waals surface area contributed by atoms with E-state index in [4.69, 9.17) is 5.11 Å². The molecule has 0 atom stereocenters. The van der Waals surface area contributed by atoms with Gasteiger partial charge in [-0.1, -0.05) is 0 Å². The summed E-state index contributed by atoms with van der Waals surface area (Å²) in [6.07, 6.45) is 2.55. The summed E-state index contributed by atoms with van der Waals surface area (Å²) >= 11 is 0.958. The van der Waals surface area contributed by atoms with Gasteiger partial charge in [-0.2, -0.15) is 8.75 Å². The first-order valence-corrected chi connectivity index (χ1v) is 6.72. The molecule has 112 valence electrons. The van der Waals surface area contributed by atoms with Gasteiger partial charge in [-0.05, 0) is 6.07 Å². The van der Waals surface area contributed by atoms with Crippen LogP contribution in [-0.2, 0) is 6.54 Å². The molecule has 2 heterocycles. The third kappa shape index (κ3) is 2.35. The molecule has 0 fully saturated rings. The maximum atomic E-state index is 13.5. The molecule has 3 rings (SSSR count). The molecular weight excluding hydrogens is 316 g/mol. The van der Waals surface area contributed by atoms with Crippen molar-refractivity contribution in [3.05, 3.63) is 57.6 Å². The number of carboxylic acid groups (broad SMARTS) is 1. The summed E-state index contributed by atoms with van der Waals surface area (Å²) in [4.78, 5) is 23.2. The van der Waals surface area contributed by atoms with E-state index < -0.39 is 28.6 Å². The van der Waals surface area contributed by atoms with Crippen molar-refractivity contribution in [1.82, 2.24) is 13.3 Å². The largest absolute Gasteiger partial charge is 0.477 e. The molecule has 1 aromatic carbocycles. The molecule has 0 spiro atoms. The molecule has 1 N–H and O–H groups in total. The van der Waals surface area contributed by atoms with Gasteiger partial charge in [0, 0.05) is 17.6 Å². The Morgan fingerprint density at radius 3 is 2.68 bits per heavy atom. The summed E-state index contributed by atoms with van der Waals surface area (Å²) in [6.45, 7) is 0.0820. The van der Waals surface area contributed by atoms with Gasteiger partial charge in [-0.25, -0.2) is 13.6 Å². The highest BCUT2D eigenvalue weighted by Crippen LogP contribution is 2.18. The van der Waals surface area contributed by atoms with Gasteiger partial charge in [0.2, 0.25) is 5.43 Å². The van der Waals surface area contributed by atoms with Crippen molar-refractivity contribution in [2.24, 2.45) is 0 Å². The second-order valence-electron chi connectivity index (χ2n) is 4.49. The van der Waals surface area contributed by atoms with E-state index in [1.807, 2.05) is 0 Å². The summed E-state index contributed by atoms with van der Waals surface area (Å²) < 4.78 is 36.0. The first-order valence-electron chi connectivity index (χ1n) is 5.99. The van der Waals surface area contributed by atoms with E-state index in [9.17, 15) is 18.4 Å². The zero-order valence-electron chi connectivity index (χ0n) is 10.8. The molecular formula is C13H7F2N3O3S. The lowest BCUT2D eigenvalue weighted by atomic mass is 10.1. The Morgan fingerprint density at radius 2 is 2.05 bits per heavy atom. The van der Waals surface area contributed by atoms with Crippen molar-refractivity contribution in [2.45, 2.75) is 6.54 Å². The smallest absolute Gasteiger partial charge is 0.341 e. The lowest BCUT2D eigenvalue weighted by Gasteiger charge is -2.11. The minimum atomic E-state index is -1.44. The predicted octanol–water partition coefficient (Wildman–Crippen LogP) is 1.88. The molecule has 0 bridgehead atoms. The number of halogens is 2. The van der Waals surface area contributed by atoms with Gasteiger partial charge in [0.05, 0.1) is 35.7 Å². The maximum absolute atomic E-state index is 13.5. The van der Waals surface area contributed by atoms with Gasteiger partial charge in [0.25, 0.3) is 0 Å². The van der Waals surface area contributed by atoms with Crippen molar-refractivity contribution in [2.75, 3.05) is 0 Å². The van der Waals surface area contributed by atoms with Crippen LogP contribution in [0.5, 0.6) is 0 Å². The quantitative estimate of drug-likeness (QED) is 0.795. The van der Waals surface area contributed by atoms with E-state index in [0.717, 1.165) is 24.0 Å². The molecule has 0 unspecified atom stereocenters. The van der Waals surface area contributed by atoms with E-state index in [0.29, 0.717) is 11.8 Å². The van der Waals surface area contributed by atoms with E-state index in [1.165, 1.54) is 10.8 Å². The van der Waals surface area contributed by atoms with Gasteiger partial charge in [-0.15, -0.1) is 0 Å². The number of hydrogen-bond acceptors (Lipinski definition) is 5. The van der Waals surface area contributed by atoms with E-state index in [2.05, 4.69) is 8.75 Å². The van der Waals surface area contributed by atoms with Crippen molar-refractivity contribution in [3.8, 4) is 0 Å². The summed E-state index contributed by atoms with van der Waals surface area (Å²) in [7, 11) is 0. The number of hydrogen-bond donors (Lipinski definition) is 1. The number of carboxylic acids is 1. The SMILES string of the molecule is O=C(O)c1cn(Cc2cnsn2)c2cc(F)c(F)cc2c1=O. The fraction of sp³-hybridized carbons (Fsp3) is 0.0769. The highest BCUT2D eigenvalue weighted by Gasteiger charge is 2.17. The minimum Gasteiger partial charge on any atom is -0.477 e. The Hall–Kier alpha value is -2.68. The summed E-state index contributed by atoms with van der Waals surface area (Å²) in [6, 6.07) is 1.56. The number of aromatic nitrogens is 3. The zero-order chi connectivity index (χ0) is 15.9. The van der Waals surface area contributed by atoms with Crippen LogP contribution in [0.3, 0.4) is 0 Å². The number of pyridine rings is 1. The summed E-state index contributed by atoms with van der Waals surface area (Å²) in [5, 5.41) is 8.89. The highest BCUT2D eigenvalue weighted by molar-refractivity contribution is 6.99. The van der Waals surface area contributed by atoms with E-state index in [1.54, 1.807) is 0 Å². The molecule has 0 aliphatic rings. The van der Waals surface area contributed by atoms with Crippen LogP contribution in [0.25, 0.3) is 10.9 Å². The van der Waals surface area contributed by atoms with Gasteiger partial charge in [-0.3, -0.25) is 4.79 Å². The Kier molecular flexibility index (Phi) is 3.41. The number of aromatic carboxylic acids is 1. The standard InChI is InChI=1S/C13H7F2N3O3S/c14-9-1-7-11(2-10(9)15)18(4-6-3-16-22-17-6)5-8(12(7)19)13(20)21/h1-3,5H,4H2,(H,20,21). The molecule has 0 saturated carbocycles. The zero-order valence-corrected chi connectivity index (χ0v) is 11.6. The molecule has 0 aliphatic carbocycles. The second-order valence-corrected chi connectivity index (χ2v) is 5.04. The number of carbonyl (C=O) groups is 1. The molecule has 0 saturated heterocycles. The highest BCUT2D eigenvalue weighted by atomic mass is 32.1.